The van der Waals surface area contributed by atoms with Gasteiger partial charge in [-0.1, -0.05) is 13.8 Å². The van der Waals surface area contributed by atoms with E-state index in [0.717, 1.165) is 17.2 Å². The largest absolute Gasteiger partial charge is 0.497 e. The first-order chi connectivity index (χ1) is 10.6. The third-order valence-electron chi connectivity index (χ3n) is 3.08. The van der Waals surface area contributed by atoms with E-state index in [1.165, 1.54) is 6.07 Å². The lowest BCUT2D eigenvalue weighted by Crippen LogP contribution is -2.18. The number of benzene rings is 1. The first-order valence-electron chi connectivity index (χ1n) is 7.20. The Morgan fingerprint density at radius 1 is 1.23 bits per heavy atom. The minimum Gasteiger partial charge on any atom is -0.497 e. The fourth-order valence-corrected chi connectivity index (χ4v) is 1.87. The second-order valence-electron chi connectivity index (χ2n) is 5.12. The van der Waals surface area contributed by atoms with Crippen LogP contribution in [0, 0.1) is 0 Å². The van der Waals surface area contributed by atoms with Gasteiger partial charge in [-0.25, -0.2) is 4.98 Å². The molecule has 0 radical (unpaired) electrons. The predicted molar refractivity (Wildman–Crippen MR) is 85.9 cm³/mol. The summed E-state index contributed by atoms with van der Waals surface area (Å²) in [4.78, 5) is 18.6. The van der Waals surface area contributed by atoms with Crippen LogP contribution < -0.4 is 20.3 Å². The van der Waals surface area contributed by atoms with Crippen molar-refractivity contribution in [2.75, 3.05) is 25.6 Å². The highest BCUT2D eigenvalue weighted by molar-refractivity contribution is 5.31. The van der Waals surface area contributed by atoms with E-state index in [0.29, 0.717) is 19.1 Å². The Hall–Kier alpha value is -2.50. The Morgan fingerprint density at radius 2 is 1.91 bits per heavy atom. The smallest absolute Gasteiger partial charge is 0.252 e. The van der Waals surface area contributed by atoms with Crippen LogP contribution in [-0.4, -0.2) is 30.2 Å². The van der Waals surface area contributed by atoms with E-state index < -0.39 is 0 Å². The van der Waals surface area contributed by atoms with E-state index in [-0.39, 0.29) is 11.5 Å². The molecule has 2 N–H and O–H groups in total. The molecule has 2 rings (SSSR count). The van der Waals surface area contributed by atoms with E-state index in [1.54, 1.807) is 7.11 Å². The standard InChI is InChI=1S/C16H21N3O3/c1-11(2)14-10-15(20)19-16(18-14)17-8-9-22-13-6-4-12(21-3)5-7-13/h4-7,10-11H,8-9H2,1-3H3,(H2,17,18,19,20). The topological polar surface area (TPSA) is 76.2 Å². The van der Waals surface area contributed by atoms with Crippen LogP contribution in [0.5, 0.6) is 11.5 Å². The molecule has 0 aliphatic carbocycles. The van der Waals surface area contributed by atoms with Crippen LogP contribution in [0.1, 0.15) is 25.5 Å². The highest BCUT2D eigenvalue weighted by Gasteiger charge is 2.04. The summed E-state index contributed by atoms with van der Waals surface area (Å²) < 4.78 is 10.7. The van der Waals surface area contributed by atoms with Gasteiger partial charge < -0.3 is 14.8 Å². The third-order valence-corrected chi connectivity index (χ3v) is 3.08. The summed E-state index contributed by atoms with van der Waals surface area (Å²) >= 11 is 0. The van der Waals surface area contributed by atoms with Crippen molar-refractivity contribution in [1.82, 2.24) is 9.97 Å². The molecule has 0 saturated carbocycles. The van der Waals surface area contributed by atoms with Gasteiger partial charge in [-0.3, -0.25) is 9.78 Å². The molecule has 2 aromatic rings. The zero-order valence-corrected chi connectivity index (χ0v) is 13.1. The first kappa shape index (κ1) is 15.9. The Balaban J connectivity index is 1.84. The minimum absolute atomic E-state index is 0.155. The molecule has 0 aliphatic rings. The summed E-state index contributed by atoms with van der Waals surface area (Å²) in [5, 5.41) is 3.06. The van der Waals surface area contributed by atoms with Crippen molar-refractivity contribution in [3.8, 4) is 11.5 Å². The molecule has 0 spiro atoms. The molecule has 1 aromatic carbocycles. The Bertz CT molecular complexity index is 650. The molecular weight excluding hydrogens is 282 g/mol. The molecule has 0 saturated heterocycles. The fourth-order valence-electron chi connectivity index (χ4n) is 1.87. The predicted octanol–water partition coefficient (Wildman–Crippen LogP) is 2.39. The Labute approximate surface area is 129 Å². The average Bonchev–Trinajstić information content (AvgIpc) is 2.51. The Morgan fingerprint density at radius 3 is 2.55 bits per heavy atom. The maximum absolute atomic E-state index is 11.6. The van der Waals surface area contributed by atoms with Crippen LogP contribution in [0.25, 0.3) is 0 Å². The summed E-state index contributed by atoms with van der Waals surface area (Å²) in [6.45, 7) is 5.00. The van der Waals surface area contributed by atoms with Gasteiger partial charge in [0.2, 0.25) is 5.95 Å². The molecule has 0 aliphatic heterocycles. The van der Waals surface area contributed by atoms with Crippen LogP contribution in [0.15, 0.2) is 35.1 Å². The number of rotatable bonds is 7. The second-order valence-corrected chi connectivity index (χ2v) is 5.12. The third kappa shape index (κ3) is 4.51. The number of hydrogen-bond acceptors (Lipinski definition) is 5. The monoisotopic (exact) mass is 303 g/mol. The van der Waals surface area contributed by atoms with Crippen LogP contribution in [0.4, 0.5) is 5.95 Å². The fraction of sp³-hybridized carbons (Fsp3) is 0.375. The molecule has 0 unspecified atom stereocenters. The number of hydrogen-bond donors (Lipinski definition) is 2. The first-order valence-corrected chi connectivity index (χ1v) is 7.20. The lowest BCUT2D eigenvalue weighted by atomic mass is 10.1. The van der Waals surface area contributed by atoms with Crippen molar-refractivity contribution in [3.05, 3.63) is 46.4 Å². The number of nitrogens with one attached hydrogen (secondary N) is 2. The van der Waals surface area contributed by atoms with Crippen molar-refractivity contribution in [1.29, 1.82) is 0 Å². The summed E-state index contributed by atoms with van der Waals surface area (Å²) in [6, 6.07) is 8.89. The summed E-state index contributed by atoms with van der Waals surface area (Å²) in [6.07, 6.45) is 0. The second kappa shape index (κ2) is 7.49. The van der Waals surface area contributed by atoms with Crippen molar-refractivity contribution >= 4 is 5.95 Å². The van der Waals surface area contributed by atoms with Gasteiger partial charge in [0.05, 0.1) is 19.3 Å². The molecule has 118 valence electrons. The van der Waals surface area contributed by atoms with Gasteiger partial charge in [0.1, 0.15) is 18.1 Å². The number of aromatic nitrogens is 2. The summed E-state index contributed by atoms with van der Waals surface area (Å²) in [7, 11) is 1.62. The number of anilines is 1. The van der Waals surface area contributed by atoms with E-state index >= 15 is 0 Å². The van der Waals surface area contributed by atoms with Gasteiger partial charge in [-0.05, 0) is 30.2 Å². The lowest BCUT2D eigenvalue weighted by molar-refractivity contribution is 0.331. The quantitative estimate of drug-likeness (QED) is 0.768. The van der Waals surface area contributed by atoms with E-state index in [1.807, 2.05) is 38.1 Å². The number of H-pyrrole nitrogens is 1. The normalized spacial score (nSPS) is 10.5. The number of ether oxygens (including phenoxy) is 2. The summed E-state index contributed by atoms with van der Waals surface area (Å²) in [5.41, 5.74) is 0.611. The van der Waals surface area contributed by atoms with Crippen LogP contribution >= 0.6 is 0 Å². The van der Waals surface area contributed by atoms with E-state index in [4.69, 9.17) is 9.47 Å². The van der Waals surface area contributed by atoms with Gasteiger partial charge in [0.15, 0.2) is 0 Å². The number of aromatic amines is 1. The molecule has 6 heteroatoms. The molecular formula is C16H21N3O3. The van der Waals surface area contributed by atoms with Crippen LogP contribution in [-0.2, 0) is 0 Å². The van der Waals surface area contributed by atoms with Gasteiger partial charge in [-0.2, -0.15) is 0 Å². The molecule has 0 atom stereocenters. The molecule has 0 fully saturated rings. The summed E-state index contributed by atoms with van der Waals surface area (Å²) in [5.74, 6) is 2.23. The molecule has 0 amide bonds. The zero-order valence-electron chi connectivity index (χ0n) is 13.1. The molecule has 6 nitrogen and oxygen atoms in total. The molecule has 22 heavy (non-hydrogen) atoms. The van der Waals surface area contributed by atoms with Gasteiger partial charge in [-0.15, -0.1) is 0 Å². The SMILES string of the molecule is COc1ccc(OCCNc2nc(C(C)C)cc(=O)[nH]2)cc1. The maximum atomic E-state index is 11.6. The van der Waals surface area contributed by atoms with Gasteiger partial charge >= 0.3 is 0 Å². The van der Waals surface area contributed by atoms with E-state index in [2.05, 4.69) is 15.3 Å². The number of nitrogens with zero attached hydrogens (tertiary/aromatic N) is 1. The molecule has 1 aromatic heterocycles. The van der Waals surface area contributed by atoms with Crippen molar-refractivity contribution in [2.45, 2.75) is 19.8 Å². The van der Waals surface area contributed by atoms with Gasteiger partial charge in [0.25, 0.3) is 5.56 Å². The van der Waals surface area contributed by atoms with Crippen molar-refractivity contribution in [2.24, 2.45) is 0 Å². The number of methoxy groups -OCH3 is 1. The average molecular weight is 303 g/mol. The Kier molecular flexibility index (Phi) is 5.41. The minimum atomic E-state index is -0.155. The van der Waals surface area contributed by atoms with Crippen molar-refractivity contribution in [3.63, 3.8) is 0 Å². The molecule has 0 bridgehead atoms. The highest BCUT2D eigenvalue weighted by atomic mass is 16.5. The highest BCUT2D eigenvalue weighted by Crippen LogP contribution is 2.16. The van der Waals surface area contributed by atoms with Crippen LogP contribution in [0.3, 0.4) is 0 Å². The van der Waals surface area contributed by atoms with E-state index in [9.17, 15) is 4.79 Å². The van der Waals surface area contributed by atoms with Crippen molar-refractivity contribution < 1.29 is 9.47 Å². The zero-order chi connectivity index (χ0) is 15.9. The lowest BCUT2D eigenvalue weighted by Gasteiger charge is -2.10. The maximum Gasteiger partial charge on any atom is 0.252 e. The van der Waals surface area contributed by atoms with Gasteiger partial charge in [0, 0.05) is 6.07 Å². The molecule has 1 heterocycles. The van der Waals surface area contributed by atoms with Crippen LogP contribution in [0.2, 0.25) is 0 Å².